The molecule has 34 heavy (non-hydrogen) atoms. The minimum Gasteiger partial charge on any atom is -0.493 e. The second-order valence-electron chi connectivity index (χ2n) is 7.72. The van der Waals surface area contributed by atoms with Crippen molar-refractivity contribution in [3.8, 4) is 28.8 Å². The number of carbonyl (C=O) groups is 1. The number of amides is 1. The van der Waals surface area contributed by atoms with Gasteiger partial charge in [0, 0.05) is 24.5 Å². The third kappa shape index (κ3) is 4.47. The van der Waals surface area contributed by atoms with Crippen LogP contribution >= 0.6 is 0 Å². The molecule has 0 aliphatic rings. The number of benzene rings is 2. The summed E-state index contributed by atoms with van der Waals surface area (Å²) in [6.07, 6.45) is 5.95. The highest BCUT2D eigenvalue weighted by molar-refractivity contribution is 5.97. The van der Waals surface area contributed by atoms with Crippen LogP contribution in [0.4, 0.5) is 0 Å². The first-order chi connectivity index (χ1) is 16.6. The van der Waals surface area contributed by atoms with E-state index in [9.17, 15) is 4.79 Å². The molecule has 8 nitrogen and oxygen atoms in total. The lowest BCUT2D eigenvalue weighted by Crippen LogP contribution is -2.26. The Morgan fingerprint density at radius 2 is 1.65 bits per heavy atom. The van der Waals surface area contributed by atoms with Crippen LogP contribution in [0.2, 0.25) is 0 Å². The summed E-state index contributed by atoms with van der Waals surface area (Å²) in [7, 11) is 4.74. The standard InChI is InChI=1S/C26H28N4O4/c1-18-7-10-20(11-8-18)30-26(29-15-5-6-16-29)21(17-28-30)25(31)27-14-13-19-9-12-22(32-2)24(34-4)23(19)33-3/h5-12,15-17H,13-14H2,1-4H3,(H,27,31). The Hall–Kier alpha value is -4.20. The molecule has 0 aliphatic heterocycles. The van der Waals surface area contributed by atoms with E-state index in [0.29, 0.717) is 41.6 Å². The first kappa shape index (κ1) is 23.0. The zero-order valence-corrected chi connectivity index (χ0v) is 19.7. The highest BCUT2D eigenvalue weighted by Crippen LogP contribution is 2.39. The predicted octanol–water partition coefficient (Wildman–Crippen LogP) is 3.97. The molecule has 2 heterocycles. The zero-order chi connectivity index (χ0) is 24.1. The molecule has 176 valence electrons. The van der Waals surface area contributed by atoms with Crippen LogP contribution in [0.3, 0.4) is 0 Å². The molecule has 0 bridgehead atoms. The van der Waals surface area contributed by atoms with Gasteiger partial charge in [-0.15, -0.1) is 0 Å². The minimum absolute atomic E-state index is 0.207. The van der Waals surface area contributed by atoms with Gasteiger partial charge < -0.3 is 24.1 Å². The fourth-order valence-corrected chi connectivity index (χ4v) is 3.87. The number of rotatable bonds is 9. The van der Waals surface area contributed by atoms with Gasteiger partial charge in [-0.05, 0) is 43.7 Å². The molecule has 2 aromatic heterocycles. The SMILES string of the molecule is COc1ccc(CCNC(=O)c2cnn(-c3ccc(C)cc3)c2-n2cccc2)c(OC)c1OC. The molecule has 4 aromatic rings. The number of hydrogen-bond donors (Lipinski definition) is 1. The van der Waals surface area contributed by atoms with Crippen molar-refractivity contribution in [3.05, 3.63) is 83.8 Å². The Morgan fingerprint density at radius 1 is 0.941 bits per heavy atom. The van der Waals surface area contributed by atoms with Gasteiger partial charge in [-0.25, -0.2) is 4.68 Å². The molecule has 2 aromatic carbocycles. The van der Waals surface area contributed by atoms with Crippen LogP contribution in [0.25, 0.3) is 11.5 Å². The van der Waals surface area contributed by atoms with Crippen LogP contribution in [0.5, 0.6) is 17.2 Å². The summed E-state index contributed by atoms with van der Waals surface area (Å²) in [6.45, 7) is 2.44. The summed E-state index contributed by atoms with van der Waals surface area (Å²) in [5.41, 5.74) is 3.42. The van der Waals surface area contributed by atoms with Crippen LogP contribution in [0.1, 0.15) is 21.5 Å². The lowest BCUT2D eigenvalue weighted by Gasteiger charge is -2.16. The Bertz CT molecular complexity index is 1260. The van der Waals surface area contributed by atoms with Crippen LogP contribution in [0, 0.1) is 6.92 Å². The number of methoxy groups -OCH3 is 3. The molecule has 0 unspecified atom stereocenters. The molecular formula is C26H28N4O4. The summed E-state index contributed by atoms with van der Waals surface area (Å²) < 4.78 is 20.0. The number of ether oxygens (including phenoxy) is 3. The van der Waals surface area contributed by atoms with Gasteiger partial charge in [-0.3, -0.25) is 4.79 Å². The Balaban J connectivity index is 1.56. The van der Waals surface area contributed by atoms with E-state index >= 15 is 0 Å². The van der Waals surface area contributed by atoms with Crippen molar-refractivity contribution in [1.29, 1.82) is 0 Å². The molecule has 0 saturated carbocycles. The van der Waals surface area contributed by atoms with Crippen LogP contribution in [-0.4, -0.2) is 48.1 Å². The van der Waals surface area contributed by atoms with Gasteiger partial charge in [0.15, 0.2) is 17.3 Å². The Morgan fingerprint density at radius 3 is 2.29 bits per heavy atom. The summed E-state index contributed by atoms with van der Waals surface area (Å²) in [5, 5.41) is 7.52. The third-order valence-corrected chi connectivity index (χ3v) is 5.58. The van der Waals surface area contributed by atoms with Crippen molar-refractivity contribution < 1.29 is 19.0 Å². The number of carbonyl (C=O) groups excluding carboxylic acids is 1. The second-order valence-corrected chi connectivity index (χ2v) is 7.72. The van der Waals surface area contributed by atoms with Crippen molar-refractivity contribution in [2.45, 2.75) is 13.3 Å². The van der Waals surface area contributed by atoms with E-state index in [0.717, 1.165) is 16.8 Å². The summed E-state index contributed by atoms with van der Waals surface area (Å²) in [6, 6.07) is 15.6. The fraction of sp³-hybridized carbons (Fsp3) is 0.231. The molecule has 0 saturated heterocycles. The average Bonchev–Trinajstić information content (AvgIpc) is 3.54. The molecule has 0 aliphatic carbocycles. The molecule has 0 fully saturated rings. The molecule has 8 heteroatoms. The van der Waals surface area contributed by atoms with Gasteiger partial charge in [0.05, 0.1) is 33.2 Å². The summed E-state index contributed by atoms with van der Waals surface area (Å²) in [5.74, 6) is 2.18. The number of aromatic nitrogens is 3. The minimum atomic E-state index is -0.207. The maximum Gasteiger partial charge on any atom is 0.256 e. The molecular weight excluding hydrogens is 432 g/mol. The Labute approximate surface area is 198 Å². The van der Waals surface area contributed by atoms with Gasteiger partial charge in [-0.1, -0.05) is 23.8 Å². The van der Waals surface area contributed by atoms with E-state index in [2.05, 4.69) is 10.4 Å². The molecule has 1 amide bonds. The quantitative estimate of drug-likeness (QED) is 0.409. The van der Waals surface area contributed by atoms with E-state index in [4.69, 9.17) is 14.2 Å². The van der Waals surface area contributed by atoms with E-state index in [-0.39, 0.29) is 5.91 Å². The van der Waals surface area contributed by atoms with Crippen LogP contribution in [-0.2, 0) is 6.42 Å². The Kier molecular flexibility index (Phi) is 6.87. The van der Waals surface area contributed by atoms with Gasteiger partial charge in [0.2, 0.25) is 5.75 Å². The van der Waals surface area contributed by atoms with Crippen LogP contribution in [0.15, 0.2) is 67.1 Å². The van der Waals surface area contributed by atoms with E-state index in [1.54, 1.807) is 32.2 Å². The normalized spacial score (nSPS) is 10.7. The average molecular weight is 461 g/mol. The zero-order valence-electron chi connectivity index (χ0n) is 19.7. The molecule has 1 N–H and O–H groups in total. The van der Waals surface area contributed by atoms with Crippen molar-refractivity contribution in [2.75, 3.05) is 27.9 Å². The molecule has 0 atom stereocenters. The highest BCUT2D eigenvalue weighted by atomic mass is 16.5. The van der Waals surface area contributed by atoms with Gasteiger partial charge in [0.25, 0.3) is 5.91 Å². The van der Waals surface area contributed by atoms with Gasteiger partial charge >= 0.3 is 0 Å². The number of nitrogens with one attached hydrogen (secondary N) is 1. The molecule has 0 radical (unpaired) electrons. The van der Waals surface area contributed by atoms with Crippen molar-refractivity contribution >= 4 is 5.91 Å². The van der Waals surface area contributed by atoms with E-state index in [1.807, 2.05) is 72.4 Å². The van der Waals surface area contributed by atoms with Gasteiger partial charge in [-0.2, -0.15) is 5.10 Å². The lowest BCUT2D eigenvalue weighted by atomic mass is 10.1. The number of nitrogens with zero attached hydrogens (tertiary/aromatic N) is 3. The van der Waals surface area contributed by atoms with Crippen molar-refractivity contribution in [1.82, 2.24) is 19.7 Å². The summed E-state index contributed by atoms with van der Waals surface area (Å²) >= 11 is 0. The second kappa shape index (κ2) is 10.2. The lowest BCUT2D eigenvalue weighted by molar-refractivity contribution is 0.0954. The molecule has 0 spiro atoms. The largest absolute Gasteiger partial charge is 0.493 e. The topological polar surface area (TPSA) is 79.5 Å². The first-order valence-electron chi connectivity index (χ1n) is 10.9. The van der Waals surface area contributed by atoms with E-state index < -0.39 is 0 Å². The van der Waals surface area contributed by atoms with Crippen LogP contribution < -0.4 is 19.5 Å². The smallest absolute Gasteiger partial charge is 0.256 e. The molecule has 4 rings (SSSR count). The maximum absolute atomic E-state index is 13.2. The predicted molar refractivity (Wildman–Crippen MR) is 130 cm³/mol. The summed E-state index contributed by atoms with van der Waals surface area (Å²) in [4.78, 5) is 13.2. The third-order valence-electron chi connectivity index (χ3n) is 5.58. The van der Waals surface area contributed by atoms with E-state index in [1.165, 1.54) is 0 Å². The number of aryl methyl sites for hydroxylation is 1. The maximum atomic E-state index is 13.2. The first-order valence-corrected chi connectivity index (χ1v) is 10.9. The highest BCUT2D eigenvalue weighted by Gasteiger charge is 2.20. The van der Waals surface area contributed by atoms with Gasteiger partial charge in [0.1, 0.15) is 5.56 Å². The number of hydrogen-bond acceptors (Lipinski definition) is 5. The van der Waals surface area contributed by atoms with Crippen molar-refractivity contribution in [2.24, 2.45) is 0 Å². The fourth-order valence-electron chi connectivity index (χ4n) is 3.87. The monoisotopic (exact) mass is 460 g/mol. The van der Waals surface area contributed by atoms with Crippen molar-refractivity contribution in [3.63, 3.8) is 0 Å².